The number of aryl methyl sites for hydroxylation is 1. The Balaban J connectivity index is 2.10. The summed E-state index contributed by atoms with van der Waals surface area (Å²) >= 11 is 4.98. The Labute approximate surface area is 186 Å². The smallest absolute Gasteiger partial charge is 0.242 e. The molecule has 0 fully saturated rings. The van der Waals surface area contributed by atoms with Gasteiger partial charge in [-0.3, -0.25) is 9.59 Å². The Morgan fingerprint density at radius 2 is 1.90 bits per heavy atom. The Morgan fingerprint density at radius 3 is 2.55 bits per heavy atom. The molecule has 0 aliphatic carbocycles. The van der Waals surface area contributed by atoms with Gasteiger partial charge in [-0.15, -0.1) is 11.8 Å². The van der Waals surface area contributed by atoms with E-state index < -0.39 is 6.04 Å². The highest BCUT2D eigenvalue weighted by atomic mass is 79.9. The molecule has 0 aromatic heterocycles. The number of hydrogen-bond acceptors (Lipinski definition) is 3. The van der Waals surface area contributed by atoms with E-state index in [2.05, 4.69) is 28.2 Å². The number of benzene rings is 2. The molecule has 0 radical (unpaired) electrons. The van der Waals surface area contributed by atoms with E-state index in [1.807, 2.05) is 55.5 Å². The highest BCUT2D eigenvalue weighted by Crippen LogP contribution is 2.21. The molecule has 0 saturated heterocycles. The molecule has 0 aliphatic heterocycles. The van der Waals surface area contributed by atoms with Gasteiger partial charge in [0.05, 0.1) is 5.75 Å². The molecule has 0 bridgehead atoms. The molecule has 2 amide bonds. The minimum absolute atomic E-state index is 0.0475. The Morgan fingerprint density at radius 1 is 1.17 bits per heavy atom. The molecule has 0 aliphatic rings. The second kappa shape index (κ2) is 12.0. The topological polar surface area (TPSA) is 49.4 Å². The maximum atomic E-state index is 13.1. The molecule has 0 unspecified atom stereocenters. The van der Waals surface area contributed by atoms with Gasteiger partial charge in [0.15, 0.2) is 0 Å². The van der Waals surface area contributed by atoms with Crippen LogP contribution in [0.25, 0.3) is 0 Å². The van der Waals surface area contributed by atoms with Crippen LogP contribution in [0.1, 0.15) is 37.8 Å². The molecule has 0 spiro atoms. The van der Waals surface area contributed by atoms with Gasteiger partial charge in [-0.25, -0.2) is 0 Å². The molecule has 0 saturated carbocycles. The number of rotatable bonds is 10. The van der Waals surface area contributed by atoms with Crippen LogP contribution in [-0.2, 0) is 16.1 Å². The van der Waals surface area contributed by atoms with Crippen LogP contribution in [0.2, 0.25) is 0 Å². The summed E-state index contributed by atoms with van der Waals surface area (Å²) in [5.41, 5.74) is 2.18. The molecule has 2 aromatic carbocycles. The number of carbonyl (C=O) groups is 2. The highest BCUT2D eigenvalue weighted by molar-refractivity contribution is 9.10. The molecule has 0 heterocycles. The van der Waals surface area contributed by atoms with Crippen molar-refractivity contribution in [3.8, 4) is 0 Å². The van der Waals surface area contributed by atoms with Gasteiger partial charge in [0.1, 0.15) is 6.04 Å². The lowest BCUT2D eigenvalue weighted by atomic mass is 10.1. The van der Waals surface area contributed by atoms with Gasteiger partial charge in [-0.05, 0) is 50.1 Å². The van der Waals surface area contributed by atoms with Gasteiger partial charge in [0.2, 0.25) is 11.8 Å². The number of nitrogens with zero attached hydrogens (tertiary/aromatic N) is 1. The minimum atomic E-state index is -0.531. The Hall–Kier alpha value is -1.79. The predicted octanol–water partition coefficient (Wildman–Crippen LogP) is 5.18. The fourth-order valence-electron chi connectivity index (χ4n) is 2.81. The number of thioether (sulfide) groups is 1. The molecule has 6 heteroatoms. The molecule has 1 atom stereocenters. The number of hydrogen-bond donors (Lipinski definition) is 1. The summed E-state index contributed by atoms with van der Waals surface area (Å²) in [6.45, 7) is 6.96. The normalized spacial score (nSPS) is 11.7. The maximum absolute atomic E-state index is 13.1. The Bertz CT molecular complexity index is 811. The first kappa shape index (κ1) is 23.5. The van der Waals surface area contributed by atoms with Crippen LogP contribution in [0.5, 0.6) is 0 Å². The minimum Gasteiger partial charge on any atom is -0.354 e. The second-order valence-corrected chi connectivity index (χ2v) is 9.04. The fraction of sp³-hybridized carbons (Fsp3) is 0.391. The molecule has 1 N–H and O–H groups in total. The van der Waals surface area contributed by atoms with Crippen LogP contribution in [0.4, 0.5) is 0 Å². The summed E-state index contributed by atoms with van der Waals surface area (Å²) in [5, 5.41) is 2.95. The summed E-state index contributed by atoms with van der Waals surface area (Å²) in [5.74, 6) is 0.139. The van der Waals surface area contributed by atoms with Crippen molar-refractivity contribution >= 4 is 39.5 Å². The van der Waals surface area contributed by atoms with Crippen molar-refractivity contribution in [2.75, 3.05) is 12.3 Å². The van der Waals surface area contributed by atoms with Gasteiger partial charge >= 0.3 is 0 Å². The fourth-order valence-corrected chi connectivity index (χ4v) is 4.04. The van der Waals surface area contributed by atoms with Gasteiger partial charge in [-0.1, -0.05) is 59.1 Å². The summed E-state index contributed by atoms with van der Waals surface area (Å²) in [4.78, 5) is 28.4. The van der Waals surface area contributed by atoms with E-state index in [1.54, 1.807) is 11.8 Å². The van der Waals surface area contributed by atoms with Crippen molar-refractivity contribution in [3.05, 3.63) is 64.1 Å². The van der Waals surface area contributed by atoms with Crippen molar-refractivity contribution in [1.82, 2.24) is 10.2 Å². The van der Waals surface area contributed by atoms with E-state index in [1.165, 1.54) is 17.3 Å². The zero-order valence-corrected chi connectivity index (χ0v) is 19.7. The second-order valence-electron chi connectivity index (χ2n) is 7.07. The van der Waals surface area contributed by atoms with Crippen LogP contribution < -0.4 is 5.32 Å². The van der Waals surface area contributed by atoms with Crippen molar-refractivity contribution < 1.29 is 9.59 Å². The van der Waals surface area contributed by atoms with E-state index in [0.717, 1.165) is 27.8 Å². The molecule has 4 nitrogen and oxygen atoms in total. The van der Waals surface area contributed by atoms with E-state index >= 15 is 0 Å². The SMILES string of the molecule is CCCCNC(=O)[C@H](C)N(Cc1cccc(Br)c1)C(=O)CSc1ccc(C)cc1. The number of nitrogens with one attached hydrogen (secondary N) is 1. The first-order valence-corrected chi connectivity index (χ1v) is 11.7. The summed E-state index contributed by atoms with van der Waals surface area (Å²) < 4.78 is 0.955. The number of unbranched alkanes of at least 4 members (excludes halogenated alkanes) is 1. The van der Waals surface area contributed by atoms with Crippen molar-refractivity contribution in [3.63, 3.8) is 0 Å². The zero-order valence-electron chi connectivity index (χ0n) is 17.3. The van der Waals surface area contributed by atoms with E-state index in [9.17, 15) is 9.59 Å². The van der Waals surface area contributed by atoms with Crippen LogP contribution in [-0.4, -0.2) is 35.1 Å². The number of halogens is 1. The molecule has 2 rings (SSSR count). The van der Waals surface area contributed by atoms with E-state index in [4.69, 9.17) is 0 Å². The number of amides is 2. The van der Waals surface area contributed by atoms with E-state index in [0.29, 0.717) is 18.8 Å². The van der Waals surface area contributed by atoms with Gasteiger partial charge in [0, 0.05) is 22.5 Å². The molecule has 156 valence electrons. The van der Waals surface area contributed by atoms with Gasteiger partial charge in [0.25, 0.3) is 0 Å². The third-order valence-electron chi connectivity index (χ3n) is 4.62. The zero-order chi connectivity index (χ0) is 21.2. The summed E-state index contributed by atoms with van der Waals surface area (Å²) in [7, 11) is 0. The standard InChI is InChI=1S/C23H29BrN2O2S/c1-4-5-13-25-23(28)18(3)26(15-19-7-6-8-20(24)14-19)22(27)16-29-21-11-9-17(2)10-12-21/h6-12,14,18H,4-5,13,15-16H2,1-3H3,(H,25,28)/t18-/m0/s1. The lowest BCUT2D eigenvalue weighted by Gasteiger charge is -2.29. The maximum Gasteiger partial charge on any atom is 0.242 e. The largest absolute Gasteiger partial charge is 0.354 e. The van der Waals surface area contributed by atoms with Crippen molar-refractivity contribution in [2.45, 2.75) is 51.1 Å². The predicted molar refractivity (Wildman–Crippen MR) is 124 cm³/mol. The third kappa shape index (κ3) is 7.86. The summed E-state index contributed by atoms with van der Waals surface area (Å²) in [6.07, 6.45) is 1.95. The van der Waals surface area contributed by atoms with Crippen molar-refractivity contribution in [2.24, 2.45) is 0 Å². The van der Waals surface area contributed by atoms with Crippen LogP contribution in [0, 0.1) is 6.92 Å². The third-order valence-corrected chi connectivity index (χ3v) is 6.11. The van der Waals surface area contributed by atoms with Crippen LogP contribution in [0.3, 0.4) is 0 Å². The molecular weight excluding hydrogens is 448 g/mol. The average Bonchev–Trinajstić information content (AvgIpc) is 2.71. The van der Waals surface area contributed by atoms with Crippen LogP contribution >= 0.6 is 27.7 Å². The van der Waals surface area contributed by atoms with E-state index in [-0.39, 0.29) is 11.8 Å². The summed E-state index contributed by atoms with van der Waals surface area (Å²) in [6, 6.07) is 15.4. The average molecular weight is 477 g/mol. The molecular formula is C23H29BrN2O2S. The van der Waals surface area contributed by atoms with Gasteiger partial charge in [-0.2, -0.15) is 0 Å². The highest BCUT2D eigenvalue weighted by Gasteiger charge is 2.26. The first-order valence-electron chi connectivity index (χ1n) is 9.91. The lowest BCUT2D eigenvalue weighted by molar-refractivity contribution is -0.138. The lowest BCUT2D eigenvalue weighted by Crippen LogP contribution is -2.48. The molecule has 29 heavy (non-hydrogen) atoms. The van der Waals surface area contributed by atoms with Crippen molar-refractivity contribution in [1.29, 1.82) is 0 Å². The first-order chi connectivity index (χ1) is 13.9. The molecule has 2 aromatic rings. The Kier molecular flexibility index (Phi) is 9.74. The quantitative estimate of drug-likeness (QED) is 0.379. The van der Waals surface area contributed by atoms with Crippen LogP contribution in [0.15, 0.2) is 57.9 Å². The number of carbonyl (C=O) groups excluding carboxylic acids is 2. The monoisotopic (exact) mass is 476 g/mol. The van der Waals surface area contributed by atoms with Gasteiger partial charge < -0.3 is 10.2 Å².